The van der Waals surface area contributed by atoms with Gasteiger partial charge in [0, 0.05) is 5.56 Å². The zero-order chi connectivity index (χ0) is 12.7. The first-order valence-corrected chi connectivity index (χ1v) is 5.97. The molecule has 90 valence electrons. The van der Waals surface area contributed by atoms with Gasteiger partial charge < -0.3 is 0 Å². The van der Waals surface area contributed by atoms with Crippen LogP contribution in [0.1, 0.15) is 11.1 Å². The Hall–Kier alpha value is -1.94. The number of nitrogens with zero attached hydrogens (tertiary/aromatic N) is 4. The average molecular weight is 259 g/mol. The molecule has 0 fully saturated rings. The molecule has 0 atom stereocenters. The molecule has 3 aromatic rings. The third kappa shape index (κ3) is 1.66. The monoisotopic (exact) mass is 258 g/mol. The van der Waals surface area contributed by atoms with Gasteiger partial charge in [-0.1, -0.05) is 23.7 Å². The predicted molar refractivity (Wildman–Crippen MR) is 70.7 cm³/mol. The molecule has 1 aromatic carbocycles. The number of rotatable bonds is 1. The first-order chi connectivity index (χ1) is 8.66. The summed E-state index contributed by atoms with van der Waals surface area (Å²) in [4.78, 5) is 4.00. The van der Waals surface area contributed by atoms with Crippen LogP contribution in [0.15, 0.2) is 30.6 Å². The summed E-state index contributed by atoms with van der Waals surface area (Å²) in [5.41, 5.74) is 4.11. The van der Waals surface area contributed by atoms with Crippen LogP contribution in [0.2, 0.25) is 5.15 Å². The second-order valence-corrected chi connectivity index (χ2v) is 4.63. The highest BCUT2D eigenvalue weighted by Crippen LogP contribution is 2.23. The van der Waals surface area contributed by atoms with Crippen molar-refractivity contribution in [1.82, 2.24) is 19.6 Å². The first kappa shape index (κ1) is 11.2. The maximum absolute atomic E-state index is 6.14. The summed E-state index contributed by atoms with van der Waals surface area (Å²) in [6, 6.07) is 6.18. The molecule has 5 heteroatoms. The lowest BCUT2D eigenvalue weighted by Crippen LogP contribution is -1.93. The molecule has 0 aliphatic heterocycles. The molecule has 0 radical (unpaired) electrons. The van der Waals surface area contributed by atoms with Crippen molar-refractivity contribution < 1.29 is 0 Å². The number of hydrogen-bond donors (Lipinski definition) is 0. The molecule has 0 amide bonds. The predicted octanol–water partition coefficient (Wildman–Crippen LogP) is 3.06. The number of aryl methyl sites for hydroxylation is 2. The zero-order valence-electron chi connectivity index (χ0n) is 10.1. The van der Waals surface area contributed by atoms with Crippen LogP contribution >= 0.6 is 11.6 Å². The van der Waals surface area contributed by atoms with Gasteiger partial charge in [-0.25, -0.2) is 0 Å². The molecular weight excluding hydrogens is 248 g/mol. The smallest absolute Gasteiger partial charge is 0.180 e. The van der Waals surface area contributed by atoms with Crippen molar-refractivity contribution in [2.75, 3.05) is 0 Å². The van der Waals surface area contributed by atoms with Gasteiger partial charge in [0.05, 0.1) is 12.4 Å². The van der Waals surface area contributed by atoms with E-state index in [1.807, 2.05) is 6.07 Å². The Morgan fingerprint density at radius 1 is 1.06 bits per heavy atom. The summed E-state index contributed by atoms with van der Waals surface area (Å²) in [5, 5.41) is 8.76. The molecule has 0 saturated heterocycles. The molecule has 2 aromatic heterocycles. The molecule has 0 spiro atoms. The van der Waals surface area contributed by atoms with Crippen molar-refractivity contribution >= 4 is 17.2 Å². The lowest BCUT2D eigenvalue weighted by atomic mass is 10.1. The van der Waals surface area contributed by atoms with E-state index in [1.165, 1.54) is 11.1 Å². The highest BCUT2D eigenvalue weighted by molar-refractivity contribution is 6.29. The lowest BCUT2D eigenvalue weighted by molar-refractivity contribution is 1.11. The number of halogens is 1. The van der Waals surface area contributed by atoms with Gasteiger partial charge in [-0.05, 0) is 31.0 Å². The summed E-state index contributed by atoms with van der Waals surface area (Å²) >= 11 is 6.14. The van der Waals surface area contributed by atoms with E-state index in [0.29, 0.717) is 10.8 Å². The van der Waals surface area contributed by atoms with Gasteiger partial charge in [0.25, 0.3) is 0 Å². The van der Waals surface area contributed by atoms with Crippen molar-refractivity contribution in [3.8, 4) is 11.4 Å². The fraction of sp³-hybridized carbons (Fsp3) is 0.154. The number of benzene rings is 1. The summed E-state index contributed by atoms with van der Waals surface area (Å²) in [6.45, 7) is 4.16. The van der Waals surface area contributed by atoms with Crippen LogP contribution < -0.4 is 0 Å². The molecule has 18 heavy (non-hydrogen) atoms. The van der Waals surface area contributed by atoms with Crippen LogP contribution in [0.5, 0.6) is 0 Å². The van der Waals surface area contributed by atoms with Gasteiger partial charge in [0.2, 0.25) is 0 Å². The molecule has 0 unspecified atom stereocenters. The highest BCUT2D eigenvalue weighted by atomic mass is 35.5. The maximum atomic E-state index is 6.14. The first-order valence-electron chi connectivity index (χ1n) is 5.59. The standard InChI is InChI=1S/C13H11ClN4/c1-8-3-4-10(5-9(8)2)13-17-16-12-7-15-6-11(14)18(12)13/h3-7H,1-2H3. The quantitative estimate of drug-likeness (QED) is 0.674. The van der Waals surface area contributed by atoms with Crippen molar-refractivity contribution in [2.45, 2.75) is 13.8 Å². The van der Waals surface area contributed by atoms with E-state index in [4.69, 9.17) is 11.6 Å². The molecule has 3 rings (SSSR count). The lowest BCUT2D eigenvalue weighted by Gasteiger charge is -2.04. The Balaban J connectivity index is 2.28. The third-order valence-corrected chi connectivity index (χ3v) is 3.30. The average Bonchev–Trinajstić information content (AvgIpc) is 2.78. The van der Waals surface area contributed by atoms with Crippen LogP contribution in [0.3, 0.4) is 0 Å². The fourth-order valence-corrected chi connectivity index (χ4v) is 2.10. The van der Waals surface area contributed by atoms with Crippen LogP contribution in [-0.4, -0.2) is 19.6 Å². The molecular formula is C13H11ClN4. The van der Waals surface area contributed by atoms with E-state index in [0.717, 1.165) is 11.4 Å². The SMILES string of the molecule is Cc1ccc(-c2nnc3cncc(Cl)n23)cc1C. The van der Waals surface area contributed by atoms with Crippen LogP contribution in [-0.2, 0) is 0 Å². The largest absolute Gasteiger partial charge is 0.262 e. The number of hydrogen-bond acceptors (Lipinski definition) is 3. The van der Waals surface area contributed by atoms with Crippen LogP contribution in [0.25, 0.3) is 17.0 Å². The summed E-state index contributed by atoms with van der Waals surface area (Å²) in [5.74, 6) is 0.737. The van der Waals surface area contributed by atoms with Gasteiger partial charge >= 0.3 is 0 Å². The molecule has 0 saturated carbocycles. The Bertz CT molecular complexity index is 733. The van der Waals surface area contributed by atoms with E-state index in [9.17, 15) is 0 Å². The molecule has 2 heterocycles. The molecule has 0 N–H and O–H groups in total. The Morgan fingerprint density at radius 3 is 2.67 bits per heavy atom. The minimum absolute atomic E-state index is 0.505. The third-order valence-electron chi connectivity index (χ3n) is 3.04. The molecule has 4 nitrogen and oxygen atoms in total. The van der Waals surface area contributed by atoms with Gasteiger partial charge in [-0.3, -0.25) is 9.38 Å². The Labute approximate surface area is 109 Å². The normalized spacial score (nSPS) is 11.1. The van der Waals surface area contributed by atoms with E-state index >= 15 is 0 Å². The van der Waals surface area contributed by atoms with E-state index in [1.54, 1.807) is 16.8 Å². The minimum atomic E-state index is 0.505. The Morgan fingerprint density at radius 2 is 1.89 bits per heavy atom. The van der Waals surface area contributed by atoms with Gasteiger partial charge in [0.1, 0.15) is 5.15 Å². The fourth-order valence-electron chi connectivity index (χ4n) is 1.88. The van der Waals surface area contributed by atoms with Crippen LogP contribution in [0, 0.1) is 13.8 Å². The van der Waals surface area contributed by atoms with Crippen LogP contribution in [0.4, 0.5) is 0 Å². The second-order valence-electron chi connectivity index (χ2n) is 4.25. The summed E-state index contributed by atoms with van der Waals surface area (Å²) in [6.07, 6.45) is 3.23. The molecule has 0 aliphatic carbocycles. The topological polar surface area (TPSA) is 43.1 Å². The second kappa shape index (κ2) is 4.07. The zero-order valence-corrected chi connectivity index (χ0v) is 10.8. The highest BCUT2D eigenvalue weighted by Gasteiger charge is 2.11. The van der Waals surface area contributed by atoms with Crippen molar-refractivity contribution in [3.05, 3.63) is 46.9 Å². The summed E-state index contributed by atoms with van der Waals surface area (Å²) in [7, 11) is 0. The summed E-state index contributed by atoms with van der Waals surface area (Å²) < 4.78 is 1.79. The van der Waals surface area contributed by atoms with E-state index < -0.39 is 0 Å². The number of fused-ring (bicyclic) bond motifs is 1. The van der Waals surface area contributed by atoms with E-state index in [-0.39, 0.29) is 0 Å². The van der Waals surface area contributed by atoms with Gasteiger partial charge in [0.15, 0.2) is 11.5 Å². The van der Waals surface area contributed by atoms with Crippen molar-refractivity contribution in [2.24, 2.45) is 0 Å². The van der Waals surface area contributed by atoms with Crippen molar-refractivity contribution in [3.63, 3.8) is 0 Å². The molecule has 0 bridgehead atoms. The van der Waals surface area contributed by atoms with E-state index in [2.05, 4.69) is 41.2 Å². The molecule has 0 aliphatic rings. The Kier molecular flexibility index (Phi) is 2.52. The minimum Gasteiger partial charge on any atom is -0.262 e. The number of aromatic nitrogens is 4. The van der Waals surface area contributed by atoms with Gasteiger partial charge in [-0.15, -0.1) is 10.2 Å². The van der Waals surface area contributed by atoms with Gasteiger partial charge in [-0.2, -0.15) is 0 Å². The maximum Gasteiger partial charge on any atom is 0.180 e. The van der Waals surface area contributed by atoms with Crippen molar-refractivity contribution in [1.29, 1.82) is 0 Å².